The molecule has 0 saturated heterocycles. The summed E-state index contributed by atoms with van der Waals surface area (Å²) in [7, 11) is 1.71. The lowest BCUT2D eigenvalue weighted by atomic mass is 10.3. The predicted molar refractivity (Wildman–Crippen MR) is 43.7 cm³/mol. The molecule has 0 aromatic carbocycles. The van der Waals surface area contributed by atoms with Crippen molar-refractivity contribution in [2.75, 3.05) is 6.16 Å². The maximum atomic E-state index is 5.06. The van der Waals surface area contributed by atoms with E-state index in [1.165, 1.54) is 25.4 Å². The third-order valence-electron chi connectivity index (χ3n) is 1.03. The second kappa shape index (κ2) is 7.61. The average Bonchev–Trinajstić information content (AvgIpc) is 1.81. The molecule has 0 heterocycles. The van der Waals surface area contributed by atoms with Crippen LogP contribution in [0.5, 0.6) is 0 Å². The van der Waals surface area contributed by atoms with Gasteiger partial charge < -0.3 is 4.21 Å². The van der Waals surface area contributed by atoms with Gasteiger partial charge >= 0.3 is 0 Å². The molecule has 0 spiro atoms. The van der Waals surface area contributed by atoms with E-state index in [9.17, 15) is 0 Å². The summed E-state index contributed by atoms with van der Waals surface area (Å²) in [4.78, 5) is 0. The largest absolute Gasteiger partial charge is 0.410 e. The molecule has 50 valence electrons. The monoisotopic (exact) mass is 150 g/mol. The van der Waals surface area contributed by atoms with E-state index >= 15 is 0 Å². The standard InChI is InChI=1S/C5H15OPSi/c1-2-3-4-5-7-6-8/h7H,2-5H2,1,8H3. The molecule has 0 aromatic rings. The van der Waals surface area contributed by atoms with Gasteiger partial charge in [-0.25, -0.2) is 0 Å². The van der Waals surface area contributed by atoms with E-state index in [2.05, 4.69) is 6.92 Å². The summed E-state index contributed by atoms with van der Waals surface area (Å²) in [6.07, 6.45) is 5.35. The molecule has 0 aliphatic rings. The van der Waals surface area contributed by atoms with Crippen molar-refractivity contribution < 1.29 is 4.21 Å². The molecule has 0 aliphatic heterocycles. The Hall–Kier alpha value is 0.607. The molecule has 0 bridgehead atoms. The Morgan fingerprint density at radius 3 is 2.75 bits per heavy atom. The van der Waals surface area contributed by atoms with Gasteiger partial charge in [-0.15, -0.1) is 0 Å². The molecule has 0 aliphatic carbocycles. The van der Waals surface area contributed by atoms with Crippen molar-refractivity contribution in [3.63, 3.8) is 0 Å². The Morgan fingerprint density at radius 1 is 1.50 bits per heavy atom. The first-order chi connectivity index (χ1) is 3.91. The highest BCUT2D eigenvalue weighted by molar-refractivity contribution is 7.33. The highest BCUT2D eigenvalue weighted by atomic mass is 31.1. The van der Waals surface area contributed by atoms with Crippen LogP contribution in [-0.4, -0.2) is 16.6 Å². The molecule has 1 unspecified atom stereocenters. The third-order valence-corrected chi connectivity index (χ3v) is 2.74. The lowest BCUT2D eigenvalue weighted by Crippen LogP contribution is -1.76. The van der Waals surface area contributed by atoms with E-state index in [1.807, 2.05) is 0 Å². The van der Waals surface area contributed by atoms with Gasteiger partial charge in [0.1, 0.15) is 0 Å². The SMILES string of the molecule is CCCCCPO[SiH3]. The van der Waals surface area contributed by atoms with Crippen LogP contribution in [0, 0.1) is 0 Å². The molecular formula is C5H15OPSi. The summed E-state index contributed by atoms with van der Waals surface area (Å²) in [6, 6.07) is 0. The first kappa shape index (κ1) is 8.61. The van der Waals surface area contributed by atoms with Crippen LogP contribution in [0.25, 0.3) is 0 Å². The van der Waals surface area contributed by atoms with Crippen LogP contribution < -0.4 is 0 Å². The van der Waals surface area contributed by atoms with Gasteiger partial charge in [-0.2, -0.15) is 0 Å². The quantitative estimate of drug-likeness (QED) is 0.323. The zero-order valence-electron chi connectivity index (χ0n) is 5.74. The summed E-state index contributed by atoms with van der Waals surface area (Å²) in [5, 5.41) is 0. The first-order valence-corrected chi connectivity index (χ1v) is 5.10. The van der Waals surface area contributed by atoms with Gasteiger partial charge in [-0.3, -0.25) is 0 Å². The van der Waals surface area contributed by atoms with Gasteiger partial charge in [0.05, 0.1) is 0 Å². The van der Waals surface area contributed by atoms with E-state index < -0.39 is 0 Å². The summed E-state index contributed by atoms with van der Waals surface area (Å²) in [5.74, 6) is 0. The fraction of sp³-hybridized carbons (Fsp3) is 1.00. The molecule has 0 saturated carbocycles. The summed E-state index contributed by atoms with van der Waals surface area (Å²) in [5.41, 5.74) is 0. The second-order valence-corrected chi connectivity index (χ2v) is 4.23. The molecule has 0 N–H and O–H groups in total. The van der Waals surface area contributed by atoms with Crippen LogP contribution in [0.1, 0.15) is 26.2 Å². The van der Waals surface area contributed by atoms with Crippen molar-refractivity contribution in [2.24, 2.45) is 0 Å². The van der Waals surface area contributed by atoms with Crippen molar-refractivity contribution in [3.8, 4) is 0 Å². The summed E-state index contributed by atoms with van der Waals surface area (Å²) < 4.78 is 5.06. The van der Waals surface area contributed by atoms with Crippen LogP contribution in [-0.2, 0) is 4.21 Å². The zero-order chi connectivity index (χ0) is 6.24. The number of unbranched alkanes of at least 4 members (excludes halogenated alkanes) is 2. The average molecular weight is 150 g/mol. The lowest BCUT2D eigenvalue weighted by molar-refractivity contribution is 0.691. The van der Waals surface area contributed by atoms with E-state index in [4.69, 9.17) is 4.21 Å². The fourth-order valence-electron chi connectivity index (χ4n) is 0.549. The second-order valence-electron chi connectivity index (χ2n) is 1.81. The van der Waals surface area contributed by atoms with Crippen LogP contribution in [0.4, 0.5) is 0 Å². The Kier molecular flexibility index (Phi) is 8.18. The van der Waals surface area contributed by atoms with Crippen molar-refractivity contribution >= 4 is 19.3 Å². The van der Waals surface area contributed by atoms with Crippen molar-refractivity contribution in [2.45, 2.75) is 26.2 Å². The molecule has 3 heteroatoms. The molecule has 0 fully saturated rings. The molecule has 0 aromatic heterocycles. The van der Waals surface area contributed by atoms with E-state index in [-0.39, 0.29) is 0 Å². The van der Waals surface area contributed by atoms with Crippen LogP contribution in [0.3, 0.4) is 0 Å². The van der Waals surface area contributed by atoms with Crippen molar-refractivity contribution in [3.05, 3.63) is 0 Å². The van der Waals surface area contributed by atoms with Crippen molar-refractivity contribution in [1.82, 2.24) is 0 Å². The molecular weight excluding hydrogens is 135 g/mol. The van der Waals surface area contributed by atoms with E-state index in [0.717, 1.165) is 19.3 Å². The molecule has 0 rings (SSSR count). The minimum Gasteiger partial charge on any atom is -0.410 e. The summed E-state index contributed by atoms with van der Waals surface area (Å²) >= 11 is 0. The Bertz CT molecular complexity index is 37.4. The van der Waals surface area contributed by atoms with E-state index in [0.29, 0.717) is 0 Å². The molecule has 1 atom stereocenters. The van der Waals surface area contributed by atoms with Gasteiger partial charge in [-0.05, 0) is 21.4 Å². The third kappa shape index (κ3) is 6.61. The Labute approximate surface area is 56.6 Å². The Balaban J connectivity index is 2.53. The normalized spacial score (nSPS) is 11.6. The van der Waals surface area contributed by atoms with Gasteiger partial charge in [0.2, 0.25) is 0 Å². The van der Waals surface area contributed by atoms with E-state index in [1.54, 1.807) is 0 Å². The minimum absolute atomic E-state index is 0.786. The minimum atomic E-state index is 0.786. The predicted octanol–water partition coefficient (Wildman–Crippen LogP) is 1.07. The molecule has 0 radical (unpaired) electrons. The van der Waals surface area contributed by atoms with Gasteiger partial charge in [0.15, 0.2) is 10.5 Å². The van der Waals surface area contributed by atoms with Crippen LogP contribution in [0.15, 0.2) is 0 Å². The first-order valence-electron chi connectivity index (χ1n) is 3.17. The zero-order valence-corrected chi connectivity index (χ0v) is 8.74. The van der Waals surface area contributed by atoms with Gasteiger partial charge in [0, 0.05) is 0 Å². The maximum absolute atomic E-state index is 5.06. The maximum Gasteiger partial charge on any atom is 0.151 e. The number of hydrogen-bond acceptors (Lipinski definition) is 1. The number of rotatable bonds is 5. The Morgan fingerprint density at radius 2 is 2.25 bits per heavy atom. The van der Waals surface area contributed by atoms with Gasteiger partial charge in [0.25, 0.3) is 0 Å². The van der Waals surface area contributed by atoms with Crippen molar-refractivity contribution in [1.29, 1.82) is 0 Å². The highest BCUT2D eigenvalue weighted by Gasteiger charge is 1.83. The fourth-order valence-corrected chi connectivity index (χ4v) is 1.76. The van der Waals surface area contributed by atoms with Crippen LogP contribution >= 0.6 is 8.81 Å². The molecule has 8 heavy (non-hydrogen) atoms. The smallest absolute Gasteiger partial charge is 0.151 e. The number of hydrogen-bond donors (Lipinski definition) is 0. The highest BCUT2D eigenvalue weighted by Crippen LogP contribution is 2.11. The lowest BCUT2D eigenvalue weighted by Gasteiger charge is -1.95. The summed E-state index contributed by atoms with van der Waals surface area (Å²) in [6.45, 7) is 2.23. The molecule has 1 nitrogen and oxygen atoms in total. The van der Waals surface area contributed by atoms with Crippen LogP contribution in [0.2, 0.25) is 0 Å². The topological polar surface area (TPSA) is 9.23 Å². The molecule has 0 amide bonds. The van der Waals surface area contributed by atoms with Gasteiger partial charge in [-0.1, -0.05) is 19.8 Å².